The lowest BCUT2D eigenvalue weighted by Crippen LogP contribution is -2.73. The Labute approximate surface area is 523 Å². The number of nitrogens with zero attached hydrogens (tertiary/aromatic N) is 9. The monoisotopic (exact) mass is 1400 g/mol. The second kappa shape index (κ2) is 18.4. The van der Waals surface area contributed by atoms with E-state index in [1.807, 2.05) is 31.2 Å². The van der Waals surface area contributed by atoms with Crippen molar-refractivity contribution >= 4 is 139 Å². The third kappa shape index (κ3) is 6.58. The van der Waals surface area contributed by atoms with Gasteiger partial charge in [0.05, 0.1) is 52.6 Å². The maximum atomic E-state index is 13.8. The molecule has 3 aromatic carbocycles. The number of halogens is 2. The summed E-state index contributed by atoms with van der Waals surface area (Å²) in [7, 11) is 7.11. The molecule has 13 unspecified atom stereocenters. The van der Waals surface area contributed by atoms with E-state index >= 15 is 0 Å². The molecular weight excluding hydrogens is 1350 g/mol. The highest BCUT2D eigenvalue weighted by molar-refractivity contribution is 9.10. The van der Waals surface area contributed by atoms with Crippen molar-refractivity contribution in [2.45, 2.75) is 108 Å². The molecule has 3 spiro atoms. The Bertz CT molecular complexity index is 3920. The van der Waals surface area contributed by atoms with Crippen LogP contribution in [0.4, 0.5) is 0 Å². The maximum absolute atomic E-state index is 13.8. The summed E-state index contributed by atoms with van der Waals surface area (Å²) < 4.78 is 35.0. The van der Waals surface area contributed by atoms with Crippen LogP contribution in [-0.2, 0) is 78.9 Å². The van der Waals surface area contributed by atoms with E-state index in [4.69, 9.17) is 50.8 Å². The Kier molecular flexibility index (Phi) is 12.7. The van der Waals surface area contributed by atoms with Crippen LogP contribution in [-0.4, -0.2) is 136 Å². The third-order valence-corrected chi connectivity index (χ3v) is 34.1. The highest BCUT2D eigenvalue weighted by Crippen LogP contribution is 2.72. The summed E-state index contributed by atoms with van der Waals surface area (Å²) in [6.07, 6.45) is 0.707. The van der Waals surface area contributed by atoms with Crippen LogP contribution in [0.3, 0.4) is 0 Å². The van der Waals surface area contributed by atoms with Gasteiger partial charge < -0.3 is 57.8 Å². The molecular formula is C54H49Br2N9O12S7. The van der Waals surface area contributed by atoms with Gasteiger partial charge in [0, 0.05) is 66.0 Å². The zero-order valence-electron chi connectivity index (χ0n) is 46.1. The largest absolute Gasteiger partial charge is 0.454 e. The van der Waals surface area contributed by atoms with Crippen LogP contribution in [0.15, 0.2) is 51.4 Å². The molecule has 0 saturated carbocycles. The van der Waals surface area contributed by atoms with Crippen molar-refractivity contribution in [3.05, 3.63) is 68.1 Å². The number of fused-ring (bicyclic) bond motifs is 7. The minimum Gasteiger partial charge on any atom is -0.454 e. The number of amides is 6. The number of piperazine rings is 3. The molecule has 84 heavy (non-hydrogen) atoms. The molecule has 6 amide bonds. The van der Waals surface area contributed by atoms with Crippen molar-refractivity contribution in [3.63, 3.8) is 0 Å². The predicted molar refractivity (Wildman–Crippen MR) is 321 cm³/mol. The van der Waals surface area contributed by atoms with Gasteiger partial charge in [-0.25, -0.2) is 0 Å². The van der Waals surface area contributed by atoms with Gasteiger partial charge in [-0.2, -0.15) is 15.8 Å². The average Bonchev–Trinajstić information content (AvgIpc) is 1.49. The first kappa shape index (κ1) is 57.8. The summed E-state index contributed by atoms with van der Waals surface area (Å²) in [5.74, 6) is 2.31. The summed E-state index contributed by atoms with van der Waals surface area (Å²) in [5, 5.41) is 30.4. The number of hydrogen-bond donors (Lipinski definition) is 0. The predicted octanol–water partition coefficient (Wildman–Crippen LogP) is 6.41. The van der Waals surface area contributed by atoms with E-state index in [1.165, 1.54) is 36.3 Å². The second-order valence-corrected chi connectivity index (χ2v) is 35.8. The molecule has 10 saturated heterocycles. The molecule has 0 aliphatic carbocycles. The van der Waals surface area contributed by atoms with Crippen LogP contribution in [0.2, 0.25) is 0 Å². The Morgan fingerprint density at radius 3 is 1.56 bits per heavy atom. The fourth-order valence-electron chi connectivity index (χ4n) is 14.7. The third-order valence-electron chi connectivity index (χ3n) is 19.1. The Morgan fingerprint density at radius 2 is 1.02 bits per heavy atom. The van der Waals surface area contributed by atoms with Gasteiger partial charge in [0.2, 0.25) is 20.4 Å². The van der Waals surface area contributed by atoms with E-state index in [9.17, 15) is 44.6 Å². The zero-order chi connectivity index (χ0) is 60.3. The van der Waals surface area contributed by atoms with Crippen molar-refractivity contribution in [2.24, 2.45) is 16.2 Å². The van der Waals surface area contributed by atoms with Gasteiger partial charge in [-0.05, 0) is 113 Å². The van der Waals surface area contributed by atoms with Crippen molar-refractivity contribution < 1.29 is 57.2 Å². The fraction of sp³-hybridized carbons (Fsp3) is 0.500. The molecule has 13 heterocycles. The molecule has 21 nitrogen and oxygen atoms in total. The van der Waals surface area contributed by atoms with Gasteiger partial charge in [-0.3, -0.25) is 28.8 Å². The number of likely N-dealkylation sites (N-methyl/N-ethyl adjacent to an activating group) is 3. The van der Waals surface area contributed by atoms with Gasteiger partial charge in [0.25, 0.3) is 35.4 Å². The van der Waals surface area contributed by atoms with Crippen LogP contribution in [0, 0.1) is 50.2 Å². The molecule has 438 valence electrons. The normalized spacial score (nSPS) is 39.5. The SMILES string of the molecule is CN1C(=O)C23CC(C)(C#N)C(c4c(Br)ccc5c4OCO5)N2C(=O)C1(C)S3=S.CN1C(=O)C23CC(C)(C#N)C(c4c(Br)ccc5c4OCO5)N2C(=O)C1(C)S3=S=S.CN1C(=O)C23C[C@](C)(C#N)C(c4cccc5c4OCO5)N2C(=O)C1(C)SS3. The average molecular weight is 1400 g/mol. The molecule has 13 aliphatic heterocycles. The van der Waals surface area contributed by atoms with Crippen molar-refractivity contribution in [1.82, 2.24) is 29.4 Å². The Balaban J connectivity index is 0.000000118. The van der Waals surface area contributed by atoms with Gasteiger partial charge in [0.1, 0.15) is 0 Å². The number of para-hydroxylation sites is 1. The van der Waals surface area contributed by atoms with Crippen LogP contribution >= 0.6 is 53.4 Å². The number of benzene rings is 3. The molecule has 0 N–H and O–H groups in total. The van der Waals surface area contributed by atoms with E-state index in [0.717, 1.165) is 14.4 Å². The van der Waals surface area contributed by atoms with Gasteiger partial charge in [-0.1, -0.05) is 75.0 Å². The first-order valence-corrected chi connectivity index (χ1v) is 35.5. The molecule has 30 heteroatoms. The molecule has 10 fully saturated rings. The Hall–Kier alpha value is -5.23. The van der Waals surface area contributed by atoms with E-state index < -0.39 is 82.5 Å². The molecule has 0 radical (unpaired) electrons. The lowest BCUT2D eigenvalue weighted by atomic mass is 9.79. The number of carbonyl (C=O) groups excluding carboxylic acids is 6. The standard InChI is InChI=1S/C18H16BrN3O4S3.C18H16BrN3O4S2.C18H17N3O4S2/c1-16(7-20)6-18-15(24)21(3)17(2,29(18)28-27)14(23)22(18)13(16)11-9(19)4-5-10-12(11)26-8-25-10;1-16(7-20)6-18-15(24)21(3)17(2,28(18)27)14(23)22(18)13(16)11-9(19)4-5-10-12(11)26-8-25-10;1-16(8-19)7-18-15(23)20(3)17(2,26-27-18)14(22)21(18)13(16)10-5-4-6-11-12(10)25-9-24-11/h4-5,13H,6,8H2,1-3H3;4-5,13H,6,8H2,1-3H3;4-6,13H,7,9H2,1-3H3/t;;13?,16-,17?,18?/m..1/s1. The van der Waals surface area contributed by atoms with Crippen molar-refractivity contribution in [3.8, 4) is 52.7 Å². The molecule has 14 atom stereocenters. The first-order chi connectivity index (χ1) is 39.6. The molecule has 0 aromatic heterocycles. The molecule has 13 aliphatic rings. The van der Waals surface area contributed by atoms with Crippen molar-refractivity contribution in [2.75, 3.05) is 41.5 Å². The van der Waals surface area contributed by atoms with Crippen molar-refractivity contribution in [1.29, 1.82) is 15.8 Å². The summed E-state index contributed by atoms with van der Waals surface area (Å²) in [6.45, 7) is 10.9. The zero-order valence-corrected chi connectivity index (χ0v) is 54.9. The lowest BCUT2D eigenvalue weighted by molar-refractivity contribution is -0.164. The minimum absolute atomic E-state index is 0.0681. The first-order valence-electron chi connectivity index (χ1n) is 26.1. The number of hydrogen-bond acceptors (Lipinski definition) is 19. The lowest BCUT2D eigenvalue weighted by Gasteiger charge is -2.57. The molecule has 16 rings (SSSR count). The number of carbonyl (C=O) groups is 6. The maximum Gasteiger partial charge on any atom is 0.261 e. The van der Waals surface area contributed by atoms with Gasteiger partial charge in [-0.15, -0.1) is 0 Å². The van der Waals surface area contributed by atoms with Crippen LogP contribution in [0.5, 0.6) is 34.5 Å². The fourth-order valence-corrected chi connectivity index (χ4v) is 29.5. The minimum atomic E-state index is -1.17. The van der Waals surface area contributed by atoms with Crippen LogP contribution in [0.25, 0.3) is 0 Å². The van der Waals surface area contributed by atoms with Gasteiger partial charge >= 0.3 is 0 Å². The number of ether oxygens (including phenoxy) is 6. The van der Waals surface area contributed by atoms with Crippen LogP contribution < -0.4 is 28.4 Å². The number of rotatable bonds is 3. The molecule has 6 bridgehead atoms. The Morgan fingerprint density at radius 1 is 0.560 bits per heavy atom. The summed E-state index contributed by atoms with van der Waals surface area (Å²) >= 11 is 18.3. The van der Waals surface area contributed by atoms with E-state index in [0.29, 0.717) is 54.6 Å². The second-order valence-electron chi connectivity index (χ2n) is 23.5. The summed E-state index contributed by atoms with van der Waals surface area (Å²) in [6, 6.07) is 17.9. The highest BCUT2D eigenvalue weighted by atomic mass is 79.9. The highest BCUT2D eigenvalue weighted by Gasteiger charge is 2.83. The van der Waals surface area contributed by atoms with E-state index in [1.54, 1.807) is 88.7 Å². The summed E-state index contributed by atoms with van der Waals surface area (Å²) in [4.78, 5) is 84.0. The quantitative estimate of drug-likeness (QED) is 0.257. The smallest absolute Gasteiger partial charge is 0.261 e. The van der Waals surface area contributed by atoms with E-state index in [-0.39, 0.29) is 75.1 Å². The topological polar surface area (TPSA) is 249 Å². The summed E-state index contributed by atoms with van der Waals surface area (Å²) in [5.41, 5.74) is -0.905. The molecule has 3 aromatic rings. The van der Waals surface area contributed by atoms with Gasteiger partial charge in [0.15, 0.2) is 63.7 Å². The number of nitriles is 3. The van der Waals surface area contributed by atoms with Crippen LogP contribution in [0.1, 0.15) is 95.6 Å². The van der Waals surface area contributed by atoms with E-state index in [2.05, 4.69) is 50.1 Å².